The Morgan fingerprint density at radius 1 is 1.26 bits per heavy atom. The van der Waals surface area contributed by atoms with Crippen LogP contribution in [0, 0.1) is 6.92 Å². The van der Waals surface area contributed by atoms with Crippen molar-refractivity contribution in [3.05, 3.63) is 41.6 Å². The Balaban J connectivity index is 2.21. The SMILES string of the molecule is CSc1nc(C)cc(Nc2ccc(C(=O)O)cc2)n1. The lowest BCUT2D eigenvalue weighted by Gasteiger charge is -2.07. The number of hydrogen-bond donors (Lipinski definition) is 2. The van der Waals surface area contributed by atoms with Crippen LogP contribution in [-0.2, 0) is 0 Å². The number of rotatable bonds is 4. The third-order valence-corrected chi connectivity index (χ3v) is 2.97. The van der Waals surface area contributed by atoms with Crippen molar-refractivity contribution in [2.75, 3.05) is 11.6 Å². The van der Waals surface area contributed by atoms with Gasteiger partial charge in [0.1, 0.15) is 5.82 Å². The van der Waals surface area contributed by atoms with Crippen LogP contribution in [-0.4, -0.2) is 27.3 Å². The van der Waals surface area contributed by atoms with Crippen LogP contribution in [0.15, 0.2) is 35.5 Å². The summed E-state index contributed by atoms with van der Waals surface area (Å²) in [6, 6.07) is 8.35. The topological polar surface area (TPSA) is 75.1 Å². The third-order valence-electron chi connectivity index (χ3n) is 2.42. The fraction of sp³-hybridized carbons (Fsp3) is 0.154. The van der Waals surface area contributed by atoms with Crippen LogP contribution in [0.1, 0.15) is 16.1 Å². The summed E-state index contributed by atoms with van der Waals surface area (Å²) in [5.74, 6) is -0.242. The molecule has 2 N–H and O–H groups in total. The third kappa shape index (κ3) is 3.45. The first-order chi connectivity index (χ1) is 9.08. The second-order valence-corrected chi connectivity index (χ2v) is 4.66. The number of anilines is 2. The maximum Gasteiger partial charge on any atom is 0.335 e. The van der Waals surface area contributed by atoms with Gasteiger partial charge in [-0.2, -0.15) is 0 Å². The zero-order valence-electron chi connectivity index (χ0n) is 10.5. The van der Waals surface area contributed by atoms with Gasteiger partial charge in [0.25, 0.3) is 0 Å². The van der Waals surface area contributed by atoms with E-state index < -0.39 is 5.97 Å². The van der Waals surface area contributed by atoms with E-state index in [1.165, 1.54) is 11.8 Å². The Kier molecular flexibility index (Phi) is 4.01. The monoisotopic (exact) mass is 275 g/mol. The summed E-state index contributed by atoms with van der Waals surface area (Å²) < 4.78 is 0. The number of benzene rings is 1. The van der Waals surface area contributed by atoms with Gasteiger partial charge in [-0.25, -0.2) is 14.8 Å². The summed E-state index contributed by atoms with van der Waals surface area (Å²) in [6.45, 7) is 1.90. The molecular weight excluding hydrogens is 262 g/mol. The van der Waals surface area contributed by atoms with E-state index in [2.05, 4.69) is 15.3 Å². The van der Waals surface area contributed by atoms with Crippen LogP contribution in [0.5, 0.6) is 0 Å². The quantitative estimate of drug-likeness (QED) is 0.660. The molecule has 0 aliphatic rings. The zero-order valence-corrected chi connectivity index (χ0v) is 11.4. The van der Waals surface area contributed by atoms with Gasteiger partial charge in [-0.15, -0.1) is 0 Å². The van der Waals surface area contributed by atoms with E-state index in [1.54, 1.807) is 24.3 Å². The van der Waals surface area contributed by atoms with E-state index >= 15 is 0 Å². The maximum atomic E-state index is 10.8. The van der Waals surface area contributed by atoms with Crippen LogP contribution in [0.2, 0.25) is 0 Å². The van der Waals surface area contributed by atoms with E-state index in [9.17, 15) is 4.79 Å². The number of aromatic nitrogens is 2. The molecule has 0 bridgehead atoms. The number of nitrogens with zero attached hydrogens (tertiary/aromatic N) is 2. The van der Waals surface area contributed by atoms with Crippen LogP contribution in [0.4, 0.5) is 11.5 Å². The largest absolute Gasteiger partial charge is 0.478 e. The fourth-order valence-electron chi connectivity index (χ4n) is 1.54. The summed E-state index contributed by atoms with van der Waals surface area (Å²) in [6.07, 6.45) is 1.92. The van der Waals surface area contributed by atoms with Crippen LogP contribution in [0.3, 0.4) is 0 Å². The van der Waals surface area contributed by atoms with Gasteiger partial charge >= 0.3 is 5.97 Å². The van der Waals surface area contributed by atoms with Crippen molar-refractivity contribution in [3.63, 3.8) is 0 Å². The predicted octanol–water partition coefficient (Wildman–Crippen LogP) is 2.95. The Bertz CT molecular complexity index is 599. The molecule has 1 aromatic heterocycles. The Morgan fingerprint density at radius 2 is 1.95 bits per heavy atom. The first-order valence-electron chi connectivity index (χ1n) is 5.58. The maximum absolute atomic E-state index is 10.8. The lowest BCUT2D eigenvalue weighted by atomic mass is 10.2. The molecule has 1 aromatic carbocycles. The van der Waals surface area contributed by atoms with E-state index in [-0.39, 0.29) is 5.56 Å². The molecule has 0 saturated heterocycles. The van der Waals surface area contributed by atoms with Gasteiger partial charge in [0.05, 0.1) is 5.56 Å². The van der Waals surface area contributed by atoms with E-state index in [4.69, 9.17) is 5.11 Å². The fourth-order valence-corrected chi connectivity index (χ4v) is 1.97. The molecule has 2 rings (SSSR count). The molecular formula is C13H13N3O2S. The van der Waals surface area contributed by atoms with Crippen LogP contribution >= 0.6 is 11.8 Å². The Hall–Kier alpha value is -2.08. The minimum absolute atomic E-state index is 0.259. The molecule has 0 amide bonds. The molecule has 0 unspecified atom stereocenters. The van der Waals surface area contributed by atoms with Gasteiger partial charge in [0.15, 0.2) is 5.16 Å². The average Bonchev–Trinajstić information content (AvgIpc) is 2.38. The van der Waals surface area contributed by atoms with E-state index in [0.717, 1.165) is 11.4 Å². The van der Waals surface area contributed by atoms with Crippen LogP contribution in [0.25, 0.3) is 0 Å². The number of nitrogens with one attached hydrogen (secondary N) is 1. The Morgan fingerprint density at radius 3 is 2.53 bits per heavy atom. The molecule has 5 nitrogen and oxygen atoms in total. The smallest absolute Gasteiger partial charge is 0.335 e. The lowest BCUT2D eigenvalue weighted by molar-refractivity contribution is 0.0697. The number of carbonyl (C=O) groups is 1. The molecule has 0 aliphatic heterocycles. The molecule has 0 atom stereocenters. The summed E-state index contributed by atoms with van der Waals surface area (Å²) in [7, 11) is 0. The van der Waals surface area contributed by atoms with Crippen molar-refractivity contribution in [2.24, 2.45) is 0 Å². The van der Waals surface area contributed by atoms with Gasteiger partial charge in [-0.1, -0.05) is 11.8 Å². The van der Waals surface area contributed by atoms with E-state index in [1.807, 2.05) is 19.2 Å². The van der Waals surface area contributed by atoms with Gasteiger partial charge in [-0.05, 0) is 37.4 Å². The molecule has 0 fully saturated rings. The molecule has 0 spiro atoms. The highest BCUT2D eigenvalue weighted by molar-refractivity contribution is 7.98. The van der Waals surface area contributed by atoms with Crippen molar-refractivity contribution >= 4 is 29.2 Å². The minimum Gasteiger partial charge on any atom is -0.478 e. The number of hydrogen-bond acceptors (Lipinski definition) is 5. The minimum atomic E-state index is -0.936. The highest BCUT2D eigenvalue weighted by atomic mass is 32.2. The normalized spacial score (nSPS) is 10.2. The number of aromatic carboxylic acids is 1. The van der Waals surface area contributed by atoms with Gasteiger partial charge in [-0.3, -0.25) is 0 Å². The van der Waals surface area contributed by atoms with Crippen LogP contribution < -0.4 is 5.32 Å². The van der Waals surface area contributed by atoms with Crippen molar-refractivity contribution in [1.29, 1.82) is 0 Å². The standard InChI is InChI=1S/C13H13N3O2S/c1-8-7-11(16-13(14-8)19-2)15-10-5-3-9(4-6-10)12(17)18/h3-7H,1-2H3,(H,17,18)(H,14,15,16). The molecule has 19 heavy (non-hydrogen) atoms. The highest BCUT2D eigenvalue weighted by Gasteiger charge is 2.04. The average molecular weight is 275 g/mol. The summed E-state index contributed by atoms with van der Waals surface area (Å²) in [5, 5.41) is 12.7. The lowest BCUT2D eigenvalue weighted by Crippen LogP contribution is -1.99. The van der Waals surface area contributed by atoms with Crippen molar-refractivity contribution in [1.82, 2.24) is 9.97 Å². The Labute approximate surface area is 115 Å². The van der Waals surface area contributed by atoms with E-state index in [0.29, 0.717) is 11.0 Å². The molecule has 6 heteroatoms. The highest BCUT2D eigenvalue weighted by Crippen LogP contribution is 2.18. The second kappa shape index (κ2) is 5.71. The number of carboxylic acid groups (broad SMARTS) is 1. The van der Waals surface area contributed by atoms with Gasteiger partial charge in [0.2, 0.25) is 0 Å². The summed E-state index contributed by atoms with van der Waals surface area (Å²) >= 11 is 1.47. The second-order valence-electron chi connectivity index (χ2n) is 3.89. The molecule has 2 aromatic rings. The summed E-state index contributed by atoms with van der Waals surface area (Å²) in [4.78, 5) is 19.3. The molecule has 98 valence electrons. The van der Waals surface area contributed by atoms with Gasteiger partial charge in [0, 0.05) is 17.4 Å². The van der Waals surface area contributed by atoms with Crippen molar-refractivity contribution in [2.45, 2.75) is 12.1 Å². The van der Waals surface area contributed by atoms with Crippen molar-refractivity contribution < 1.29 is 9.90 Å². The number of thioether (sulfide) groups is 1. The first-order valence-corrected chi connectivity index (χ1v) is 6.81. The number of carboxylic acids is 1. The summed E-state index contributed by atoms with van der Waals surface area (Å²) in [5.41, 5.74) is 1.92. The zero-order chi connectivity index (χ0) is 13.8. The predicted molar refractivity (Wildman–Crippen MR) is 75.2 cm³/mol. The molecule has 0 radical (unpaired) electrons. The van der Waals surface area contributed by atoms with Crippen molar-refractivity contribution in [3.8, 4) is 0 Å². The van der Waals surface area contributed by atoms with Gasteiger partial charge < -0.3 is 10.4 Å². The molecule has 0 saturated carbocycles. The molecule has 0 aliphatic carbocycles. The first kappa shape index (κ1) is 13.4. The number of aryl methyl sites for hydroxylation is 1. The molecule has 1 heterocycles.